The fourth-order valence-corrected chi connectivity index (χ4v) is 1.64. The lowest BCUT2D eigenvalue weighted by atomic mass is 10.2. The summed E-state index contributed by atoms with van der Waals surface area (Å²) in [7, 11) is 0. The van der Waals surface area contributed by atoms with E-state index in [2.05, 4.69) is 25.9 Å². The Kier molecular flexibility index (Phi) is 2.22. The van der Waals surface area contributed by atoms with Gasteiger partial charge in [0.2, 0.25) is 0 Å². The van der Waals surface area contributed by atoms with Gasteiger partial charge in [-0.2, -0.15) is 0 Å². The van der Waals surface area contributed by atoms with E-state index in [1.165, 1.54) is 0 Å². The smallest absolute Gasteiger partial charge is 0.148 e. The zero-order valence-corrected chi connectivity index (χ0v) is 9.22. The van der Waals surface area contributed by atoms with Gasteiger partial charge in [-0.3, -0.25) is 4.98 Å². The van der Waals surface area contributed by atoms with Crippen molar-refractivity contribution >= 4 is 38.6 Å². The van der Waals surface area contributed by atoms with Crippen LogP contribution >= 0.6 is 27.5 Å². The van der Waals surface area contributed by atoms with Crippen LogP contribution in [0.1, 0.15) is 5.56 Å². The van der Waals surface area contributed by atoms with Gasteiger partial charge in [-0.25, -0.2) is 4.98 Å². The lowest BCUT2D eigenvalue weighted by molar-refractivity contribution is 1.27. The van der Waals surface area contributed by atoms with Gasteiger partial charge in [0, 0.05) is 4.47 Å². The van der Waals surface area contributed by atoms with Crippen molar-refractivity contribution in [3.63, 3.8) is 0 Å². The van der Waals surface area contributed by atoms with Gasteiger partial charge in [-0.05, 0) is 24.6 Å². The zero-order valence-electron chi connectivity index (χ0n) is 6.88. The maximum atomic E-state index is 5.73. The fourth-order valence-electron chi connectivity index (χ4n) is 1.18. The molecule has 2 rings (SSSR count). The highest BCUT2D eigenvalue weighted by molar-refractivity contribution is 9.10. The van der Waals surface area contributed by atoms with Gasteiger partial charge >= 0.3 is 0 Å². The molecule has 0 bridgehead atoms. The summed E-state index contributed by atoms with van der Waals surface area (Å²) in [5.74, 6) is 0. The fraction of sp³-hybridized carbons (Fsp3) is 0.111. The predicted molar refractivity (Wildman–Crippen MR) is 57.0 cm³/mol. The summed E-state index contributed by atoms with van der Waals surface area (Å²) < 4.78 is 1.04. The first kappa shape index (κ1) is 8.91. The monoisotopic (exact) mass is 256 g/mol. The van der Waals surface area contributed by atoms with Crippen molar-refractivity contribution in [2.75, 3.05) is 0 Å². The summed E-state index contributed by atoms with van der Waals surface area (Å²) in [5.41, 5.74) is 2.80. The second-order valence-electron chi connectivity index (χ2n) is 2.73. The Bertz CT molecular complexity index is 470. The molecule has 0 N–H and O–H groups in total. The van der Waals surface area contributed by atoms with Crippen molar-refractivity contribution in [1.29, 1.82) is 0 Å². The Morgan fingerprint density at radius 1 is 1.38 bits per heavy atom. The molecule has 1 heterocycles. The van der Waals surface area contributed by atoms with Crippen LogP contribution in [0.5, 0.6) is 0 Å². The third-order valence-electron chi connectivity index (χ3n) is 1.87. The van der Waals surface area contributed by atoms with Crippen LogP contribution < -0.4 is 0 Å². The van der Waals surface area contributed by atoms with E-state index < -0.39 is 0 Å². The molecule has 1 aromatic heterocycles. The van der Waals surface area contributed by atoms with Crippen LogP contribution in [0, 0.1) is 6.92 Å². The minimum Gasteiger partial charge on any atom is -0.251 e. The van der Waals surface area contributed by atoms with Crippen LogP contribution in [0.2, 0.25) is 5.15 Å². The molecule has 13 heavy (non-hydrogen) atoms. The number of fused-ring (bicyclic) bond motifs is 1. The standard InChI is InChI=1S/C9H6BrClN2/c1-5-6(10)2-3-7-9(5)12-4-8(11)13-7/h2-4H,1H3. The maximum absolute atomic E-state index is 5.73. The maximum Gasteiger partial charge on any atom is 0.148 e. The summed E-state index contributed by atoms with van der Waals surface area (Å²) in [6.07, 6.45) is 1.56. The van der Waals surface area contributed by atoms with Crippen molar-refractivity contribution < 1.29 is 0 Å². The van der Waals surface area contributed by atoms with E-state index in [9.17, 15) is 0 Å². The van der Waals surface area contributed by atoms with E-state index in [1.54, 1.807) is 6.20 Å². The molecular formula is C9H6BrClN2. The van der Waals surface area contributed by atoms with Gasteiger partial charge in [-0.15, -0.1) is 0 Å². The number of halogens is 2. The molecule has 4 heteroatoms. The van der Waals surface area contributed by atoms with E-state index >= 15 is 0 Å². The molecule has 2 aromatic rings. The summed E-state index contributed by atoms with van der Waals surface area (Å²) >= 11 is 9.16. The summed E-state index contributed by atoms with van der Waals surface area (Å²) in [6.45, 7) is 2.00. The van der Waals surface area contributed by atoms with Crippen LogP contribution in [0.15, 0.2) is 22.8 Å². The largest absolute Gasteiger partial charge is 0.251 e. The van der Waals surface area contributed by atoms with E-state index in [0.29, 0.717) is 5.15 Å². The van der Waals surface area contributed by atoms with Gasteiger partial charge in [0.05, 0.1) is 17.2 Å². The van der Waals surface area contributed by atoms with Crippen LogP contribution in [0.4, 0.5) is 0 Å². The first-order valence-electron chi connectivity index (χ1n) is 3.76. The van der Waals surface area contributed by atoms with E-state index in [1.807, 2.05) is 19.1 Å². The zero-order chi connectivity index (χ0) is 9.42. The Labute approximate surface area is 89.1 Å². The minimum absolute atomic E-state index is 0.425. The quantitative estimate of drug-likeness (QED) is 0.723. The summed E-state index contributed by atoms with van der Waals surface area (Å²) in [4.78, 5) is 8.38. The molecule has 0 aliphatic heterocycles. The summed E-state index contributed by atoms with van der Waals surface area (Å²) in [5, 5.41) is 0.425. The van der Waals surface area contributed by atoms with E-state index in [0.717, 1.165) is 21.1 Å². The molecule has 0 saturated heterocycles. The number of nitrogens with zero attached hydrogens (tertiary/aromatic N) is 2. The van der Waals surface area contributed by atoms with E-state index in [4.69, 9.17) is 11.6 Å². The lowest BCUT2D eigenvalue weighted by Crippen LogP contribution is -1.87. The highest BCUT2D eigenvalue weighted by Crippen LogP contribution is 2.23. The third-order valence-corrected chi connectivity index (χ3v) is 2.91. The Morgan fingerprint density at radius 3 is 2.92 bits per heavy atom. The van der Waals surface area contributed by atoms with Crippen molar-refractivity contribution in [3.8, 4) is 0 Å². The van der Waals surface area contributed by atoms with Crippen LogP contribution in [0.25, 0.3) is 11.0 Å². The van der Waals surface area contributed by atoms with Crippen molar-refractivity contribution in [2.45, 2.75) is 6.92 Å². The molecule has 0 aliphatic rings. The molecule has 0 radical (unpaired) electrons. The topological polar surface area (TPSA) is 25.8 Å². The molecule has 0 amide bonds. The third kappa shape index (κ3) is 1.54. The van der Waals surface area contributed by atoms with Crippen LogP contribution in [-0.4, -0.2) is 9.97 Å². The first-order chi connectivity index (χ1) is 6.18. The molecule has 0 spiro atoms. The van der Waals surface area contributed by atoms with Crippen LogP contribution in [-0.2, 0) is 0 Å². The molecular weight excluding hydrogens is 251 g/mol. The first-order valence-corrected chi connectivity index (χ1v) is 4.93. The van der Waals surface area contributed by atoms with Crippen molar-refractivity contribution in [3.05, 3.63) is 33.5 Å². The normalized spacial score (nSPS) is 10.7. The van der Waals surface area contributed by atoms with E-state index in [-0.39, 0.29) is 0 Å². The second-order valence-corrected chi connectivity index (χ2v) is 3.97. The van der Waals surface area contributed by atoms with Gasteiger partial charge in [0.25, 0.3) is 0 Å². The van der Waals surface area contributed by atoms with Crippen molar-refractivity contribution in [1.82, 2.24) is 9.97 Å². The Balaban J connectivity index is 2.87. The Hall–Kier alpha value is -0.670. The second kappa shape index (κ2) is 3.24. The molecule has 0 unspecified atom stereocenters. The summed E-state index contributed by atoms with van der Waals surface area (Å²) in [6, 6.07) is 3.84. The van der Waals surface area contributed by atoms with Crippen LogP contribution in [0.3, 0.4) is 0 Å². The molecule has 2 nitrogen and oxygen atoms in total. The Morgan fingerprint density at radius 2 is 2.15 bits per heavy atom. The SMILES string of the molecule is Cc1c(Br)ccc2nc(Cl)cnc12. The van der Waals surface area contributed by atoms with Gasteiger partial charge in [0.15, 0.2) is 0 Å². The lowest BCUT2D eigenvalue weighted by Gasteiger charge is -2.02. The van der Waals surface area contributed by atoms with Gasteiger partial charge in [0.1, 0.15) is 5.15 Å². The molecule has 1 aromatic carbocycles. The molecule has 66 valence electrons. The highest BCUT2D eigenvalue weighted by Gasteiger charge is 2.03. The molecule has 0 fully saturated rings. The molecule has 0 atom stereocenters. The highest BCUT2D eigenvalue weighted by atomic mass is 79.9. The predicted octanol–water partition coefficient (Wildman–Crippen LogP) is 3.35. The number of hydrogen-bond acceptors (Lipinski definition) is 2. The number of rotatable bonds is 0. The average Bonchev–Trinajstić information content (AvgIpc) is 2.12. The number of aromatic nitrogens is 2. The van der Waals surface area contributed by atoms with Gasteiger partial charge < -0.3 is 0 Å². The number of aryl methyl sites for hydroxylation is 1. The number of benzene rings is 1. The van der Waals surface area contributed by atoms with Crippen molar-refractivity contribution in [2.24, 2.45) is 0 Å². The molecule has 0 saturated carbocycles. The molecule has 0 aliphatic carbocycles. The van der Waals surface area contributed by atoms with Gasteiger partial charge in [-0.1, -0.05) is 27.5 Å². The minimum atomic E-state index is 0.425. The average molecular weight is 258 g/mol. The number of hydrogen-bond donors (Lipinski definition) is 0.